The maximum Gasteiger partial charge on any atom is 0.306 e. The lowest BCUT2D eigenvalue weighted by molar-refractivity contribution is -0.167. The molecule has 0 saturated carbocycles. The van der Waals surface area contributed by atoms with Gasteiger partial charge in [-0.15, -0.1) is 0 Å². The van der Waals surface area contributed by atoms with Crippen LogP contribution >= 0.6 is 0 Å². The molecule has 1 atom stereocenters. The van der Waals surface area contributed by atoms with Crippen LogP contribution in [0.2, 0.25) is 0 Å². The van der Waals surface area contributed by atoms with E-state index in [1.165, 1.54) is 64.2 Å². The maximum absolute atomic E-state index is 12.6. The second-order valence-corrected chi connectivity index (χ2v) is 14.9. The fourth-order valence-electron chi connectivity index (χ4n) is 6.03. The first-order chi connectivity index (χ1) is 27.5. The van der Waals surface area contributed by atoms with Crippen LogP contribution < -0.4 is 0 Å². The van der Waals surface area contributed by atoms with Crippen molar-refractivity contribution in [3.8, 4) is 0 Å². The van der Waals surface area contributed by atoms with Crippen molar-refractivity contribution in [3.63, 3.8) is 0 Å². The Morgan fingerprint density at radius 3 is 1.09 bits per heavy atom. The standard InChI is InChI=1S/C50H84O6/c1-4-7-10-13-16-17-18-19-20-21-22-23-24-25-26-27-28-29-30-31-32-33-35-37-40-43-49(52)55-46-47(45-54-48(51)42-39-36-15-12-9-6-3)56-50(53)44-41-38-34-14-11-8-5-2/h7,10,16-17,19-20,22-23,25-26,28-29,47H,4-6,8-9,11-15,18,21,24,27,30-46H2,1-3H3/b10-7-,17-16-,20-19-,23-22-,26-25-,29-28-. The van der Waals surface area contributed by atoms with Crippen molar-refractivity contribution in [1.82, 2.24) is 0 Å². The molecule has 0 spiro atoms. The number of hydrogen-bond acceptors (Lipinski definition) is 6. The van der Waals surface area contributed by atoms with Crippen molar-refractivity contribution >= 4 is 17.9 Å². The highest BCUT2D eigenvalue weighted by Gasteiger charge is 2.19. The summed E-state index contributed by atoms with van der Waals surface area (Å²) >= 11 is 0. The summed E-state index contributed by atoms with van der Waals surface area (Å²) in [5.41, 5.74) is 0. The van der Waals surface area contributed by atoms with Crippen LogP contribution in [0.25, 0.3) is 0 Å². The zero-order chi connectivity index (χ0) is 40.8. The van der Waals surface area contributed by atoms with Gasteiger partial charge in [0.2, 0.25) is 0 Å². The second-order valence-electron chi connectivity index (χ2n) is 14.9. The smallest absolute Gasteiger partial charge is 0.306 e. The first-order valence-electron chi connectivity index (χ1n) is 22.9. The molecular weight excluding hydrogens is 697 g/mol. The molecule has 0 radical (unpaired) electrons. The molecule has 0 aromatic carbocycles. The number of unbranched alkanes of at least 4 members (excludes halogenated alkanes) is 17. The summed E-state index contributed by atoms with van der Waals surface area (Å²) in [6.07, 6.45) is 55.0. The van der Waals surface area contributed by atoms with Gasteiger partial charge in [-0.05, 0) is 70.6 Å². The van der Waals surface area contributed by atoms with E-state index in [9.17, 15) is 14.4 Å². The Bertz CT molecular complexity index is 1080. The van der Waals surface area contributed by atoms with Crippen LogP contribution in [-0.2, 0) is 28.6 Å². The van der Waals surface area contributed by atoms with Crippen LogP contribution in [0.1, 0.15) is 207 Å². The van der Waals surface area contributed by atoms with Crippen molar-refractivity contribution in [1.29, 1.82) is 0 Å². The van der Waals surface area contributed by atoms with E-state index < -0.39 is 6.10 Å². The van der Waals surface area contributed by atoms with Crippen LogP contribution in [0, 0.1) is 0 Å². The van der Waals surface area contributed by atoms with E-state index in [-0.39, 0.29) is 31.1 Å². The lowest BCUT2D eigenvalue weighted by Gasteiger charge is -2.18. The quantitative estimate of drug-likeness (QED) is 0.0267. The van der Waals surface area contributed by atoms with Gasteiger partial charge in [-0.3, -0.25) is 14.4 Å². The number of esters is 3. The third-order valence-electron chi connectivity index (χ3n) is 9.48. The first-order valence-corrected chi connectivity index (χ1v) is 22.9. The van der Waals surface area contributed by atoms with Crippen LogP contribution in [0.4, 0.5) is 0 Å². The minimum absolute atomic E-state index is 0.0801. The van der Waals surface area contributed by atoms with E-state index in [0.717, 1.165) is 103 Å². The second kappa shape index (κ2) is 44.6. The molecule has 0 fully saturated rings. The molecule has 0 heterocycles. The number of carbonyl (C=O) groups excluding carboxylic acids is 3. The summed E-state index contributed by atoms with van der Waals surface area (Å²) in [6.45, 7) is 6.38. The van der Waals surface area contributed by atoms with E-state index in [1.807, 2.05) is 0 Å². The summed E-state index contributed by atoms with van der Waals surface area (Å²) < 4.78 is 16.5. The van der Waals surface area contributed by atoms with E-state index >= 15 is 0 Å². The number of allylic oxidation sites excluding steroid dienone is 12. The maximum atomic E-state index is 12.6. The molecule has 0 aromatic heterocycles. The van der Waals surface area contributed by atoms with Gasteiger partial charge in [-0.1, -0.05) is 190 Å². The molecule has 0 aromatic rings. The van der Waals surface area contributed by atoms with Crippen molar-refractivity contribution in [2.24, 2.45) is 0 Å². The average Bonchev–Trinajstić information content (AvgIpc) is 3.19. The van der Waals surface area contributed by atoms with Crippen LogP contribution in [0.3, 0.4) is 0 Å². The Kier molecular flexibility index (Phi) is 42.1. The molecule has 0 amide bonds. The number of rotatable bonds is 40. The molecule has 0 aliphatic rings. The molecule has 6 heteroatoms. The molecule has 56 heavy (non-hydrogen) atoms. The summed E-state index contributed by atoms with van der Waals surface area (Å²) in [4.78, 5) is 37.4. The predicted molar refractivity (Wildman–Crippen MR) is 238 cm³/mol. The van der Waals surface area contributed by atoms with Crippen molar-refractivity contribution in [2.75, 3.05) is 13.2 Å². The Morgan fingerprint density at radius 1 is 0.375 bits per heavy atom. The topological polar surface area (TPSA) is 78.9 Å². The Balaban J connectivity index is 4.12. The zero-order valence-corrected chi connectivity index (χ0v) is 36.4. The van der Waals surface area contributed by atoms with Crippen LogP contribution in [0.15, 0.2) is 72.9 Å². The monoisotopic (exact) mass is 781 g/mol. The van der Waals surface area contributed by atoms with Gasteiger partial charge in [0, 0.05) is 19.3 Å². The SMILES string of the molecule is CC/C=C\C/C=C\C/C=C\C/C=C\C/C=C\C/C=C\CCCCCCCCC(=O)OCC(COC(=O)CCCCCCCC)OC(=O)CCCCCCCCC. The fraction of sp³-hybridized carbons (Fsp3) is 0.700. The number of carbonyl (C=O) groups is 3. The average molecular weight is 781 g/mol. The molecule has 320 valence electrons. The lowest BCUT2D eigenvalue weighted by atomic mass is 10.1. The number of hydrogen-bond donors (Lipinski definition) is 0. The molecule has 0 saturated heterocycles. The summed E-state index contributed by atoms with van der Waals surface area (Å²) in [5, 5.41) is 0. The van der Waals surface area contributed by atoms with Crippen molar-refractivity contribution in [2.45, 2.75) is 213 Å². The van der Waals surface area contributed by atoms with Gasteiger partial charge in [0.25, 0.3) is 0 Å². The molecule has 0 rings (SSSR count). The summed E-state index contributed by atoms with van der Waals surface area (Å²) in [6, 6.07) is 0. The Hall–Kier alpha value is -3.15. The largest absolute Gasteiger partial charge is 0.462 e. The van der Waals surface area contributed by atoms with Gasteiger partial charge in [0.1, 0.15) is 13.2 Å². The molecule has 0 aliphatic heterocycles. The molecule has 6 nitrogen and oxygen atoms in total. The number of ether oxygens (including phenoxy) is 3. The van der Waals surface area contributed by atoms with Gasteiger partial charge in [-0.25, -0.2) is 0 Å². The van der Waals surface area contributed by atoms with Crippen LogP contribution in [-0.4, -0.2) is 37.2 Å². The third kappa shape index (κ3) is 42.0. The van der Waals surface area contributed by atoms with Gasteiger partial charge in [-0.2, -0.15) is 0 Å². The third-order valence-corrected chi connectivity index (χ3v) is 9.48. The highest BCUT2D eigenvalue weighted by molar-refractivity contribution is 5.71. The summed E-state index contributed by atoms with van der Waals surface area (Å²) in [5.74, 6) is -0.918. The minimum Gasteiger partial charge on any atom is -0.462 e. The first kappa shape index (κ1) is 52.9. The van der Waals surface area contributed by atoms with Crippen molar-refractivity contribution in [3.05, 3.63) is 72.9 Å². The normalized spacial score (nSPS) is 12.7. The molecule has 0 N–H and O–H groups in total. The van der Waals surface area contributed by atoms with E-state index in [1.54, 1.807) is 0 Å². The fourth-order valence-corrected chi connectivity index (χ4v) is 6.03. The molecule has 1 unspecified atom stereocenters. The van der Waals surface area contributed by atoms with E-state index in [2.05, 4.69) is 93.7 Å². The minimum atomic E-state index is -0.773. The highest BCUT2D eigenvalue weighted by Crippen LogP contribution is 2.13. The zero-order valence-electron chi connectivity index (χ0n) is 36.4. The van der Waals surface area contributed by atoms with Gasteiger partial charge < -0.3 is 14.2 Å². The van der Waals surface area contributed by atoms with Crippen LogP contribution in [0.5, 0.6) is 0 Å². The van der Waals surface area contributed by atoms with E-state index in [0.29, 0.717) is 19.3 Å². The van der Waals surface area contributed by atoms with Crippen molar-refractivity contribution < 1.29 is 28.6 Å². The van der Waals surface area contributed by atoms with E-state index in [4.69, 9.17) is 14.2 Å². The van der Waals surface area contributed by atoms with Gasteiger partial charge >= 0.3 is 17.9 Å². The lowest BCUT2D eigenvalue weighted by Crippen LogP contribution is -2.30. The Labute approximate surface area is 344 Å². The Morgan fingerprint density at radius 2 is 0.696 bits per heavy atom. The summed E-state index contributed by atoms with van der Waals surface area (Å²) in [7, 11) is 0. The predicted octanol–water partition coefficient (Wildman–Crippen LogP) is 14.7. The molecular formula is C50H84O6. The van der Waals surface area contributed by atoms with Gasteiger partial charge in [0.05, 0.1) is 0 Å². The molecule has 0 aliphatic carbocycles. The van der Waals surface area contributed by atoms with Gasteiger partial charge in [0.15, 0.2) is 6.10 Å². The molecule has 0 bridgehead atoms. The highest BCUT2D eigenvalue weighted by atomic mass is 16.6.